The summed E-state index contributed by atoms with van der Waals surface area (Å²) in [5, 5.41) is 5.20. The van der Waals surface area contributed by atoms with Crippen LogP contribution in [0.2, 0.25) is 0 Å². The van der Waals surface area contributed by atoms with Crippen LogP contribution in [0.25, 0.3) is 0 Å². The van der Waals surface area contributed by atoms with Crippen molar-refractivity contribution < 1.29 is 9.21 Å². The van der Waals surface area contributed by atoms with Gasteiger partial charge in [-0.25, -0.2) is 0 Å². The van der Waals surface area contributed by atoms with Crippen LogP contribution < -0.4 is 0 Å². The van der Waals surface area contributed by atoms with Crippen molar-refractivity contribution in [1.82, 2.24) is 9.78 Å². The number of thioether (sulfide) groups is 1. The standard InChI is InChI=1S/C11H12N2O2S/c1-8-6-11(13(2)12-8)16-7-9(14)10-4-3-5-15-10/h3-6H,7H2,1-2H3. The Morgan fingerprint density at radius 3 is 3.00 bits per heavy atom. The lowest BCUT2D eigenvalue weighted by molar-refractivity contribution is 0.0992. The molecule has 0 amide bonds. The van der Waals surface area contributed by atoms with Gasteiger partial charge in [0.15, 0.2) is 5.76 Å². The minimum atomic E-state index is -0.00569. The van der Waals surface area contributed by atoms with E-state index in [9.17, 15) is 4.79 Å². The molecule has 4 nitrogen and oxygen atoms in total. The van der Waals surface area contributed by atoms with E-state index in [0.29, 0.717) is 11.5 Å². The number of hydrogen-bond donors (Lipinski definition) is 0. The van der Waals surface area contributed by atoms with Crippen molar-refractivity contribution in [3.63, 3.8) is 0 Å². The van der Waals surface area contributed by atoms with Gasteiger partial charge in [-0.05, 0) is 25.1 Å². The summed E-state index contributed by atoms with van der Waals surface area (Å²) in [6.45, 7) is 1.93. The van der Waals surface area contributed by atoms with Gasteiger partial charge in [-0.15, -0.1) is 0 Å². The van der Waals surface area contributed by atoms with E-state index in [1.165, 1.54) is 18.0 Å². The number of carbonyl (C=O) groups is 1. The molecule has 0 atom stereocenters. The van der Waals surface area contributed by atoms with E-state index in [1.807, 2.05) is 20.0 Å². The van der Waals surface area contributed by atoms with Crippen LogP contribution >= 0.6 is 11.8 Å². The third kappa shape index (κ3) is 2.36. The first-order chi connectivity index (χ1) is 7.66. The number of aryl methyl sites for hydroxylation is 2. The number of hydrogen-bond acceptors (Lipinski definition) is 4. The summed E-state index contributed by atoms with van der Waals surface area (Å²) in [5.41, 5.74) is 0.954. The van der Waals surface area contributed by atoms with Crippen LogP contribution in [0, 0.1) is 6.92 Å². The Bertz CT molecular complexity index is 488. The lowest BCUT2D eigenvalue weighted by Gasteiger charge is -1.99. The molecule has 0 spiro atoms. The molecule has 0 aliphatic heterocycles. The second-order valence-corrected chi connectivity index (χ2v) is 4.43. The number of Topliss-reactive ketones (excluding diaryl/α,β-unsaturated/α-hetero) is 1. The number of nitrogens with zero attached hydrogens (tertiary/aromatic N) is 2. The van der Waals surface area contributed by atoms with Gasteiger partial charge in [0.1, 0.15) is 0 Å². The quantitative estimate of drug-likeness (QED) is 0.603. The highest BCUT2D eigenvalue weighted by Gasteiger charge is 2.11. The molecule has 0 saturated heterocycles. The molecule has 2 heterocycles. The number of rotatable bonds is 4. The van der Waals surface area contributed by atoms with Gasteiger partial charge in [-0.3, -0.25) is 9.48 Å². The fourth-order valence-corrected chi connectivity index (χ4v) is 2.27. The molecule has 2 aromatic heterocycles. The minimum Gasteiger partial charge on any atom is -0.461 e. The molecule has 0 fully saturated rings. The first-order valence-corrected chi connectivity index (χ1v) is 5.85. The highest BCUT2D eigenvalue weighted by Crippen LogP contribution is 2.19. The van der Waals surface area contributed by atoms with Crippen molar-refractivity contribution in [3.8, 4) is 0 Å². The van der Waals surface area contributed by atoms with Gasteiger partial charge in [0.25, 0.3) is 0 Å². The van der Waals surface area contributed by atoms with Crippen LogP contribution in [0.5, 0.6) is 0 Å². The zero-order valence-electron chi connectivity index (χ0n) is 9.14. The van der Waals surface area contributed by atoms with Crippen LogP contribution in [0.4, 0.5) is 0 Å². The van der Waals surface area contributed by atoms with Gasteiger partial charge in [-0.2, -0.15) is 5.10 Å². The molecule has 84 valence electrons. The van der Waals surface area contributed by atoms with E-state index < -0.39 is 0 Å². The molecular formula is C11H12N2O2S. The van der Waals surface area contributed by atoms with E-state index in [-0.39, 0.29) is 5.78 Å². The Morgan fingerprint density at radius 2 is 2.44 bits per heavy atom. The van der Waals surface area contributed by atoms with E-state index in [4.69, 9.17) is 4.42 Å². The Labute approximate surface area is 97.6 Å². The third-order valence-corrected chi connectivity index (χ3v) is 3.19. The summed E-state index contributed by atoms with van der Waals surface area (Å²) in [7, 11) is 1.87. The third-order valence-electron chi connectivity index (χ3n) is 2.11. The van der Waals surface area contributed by atoms with E-state index in [2.05, 4.69) is 5.10 Å². The Kier molecular flexibility index (Phi) is 3.14. The van der Waals surface area contributed by atoms with Gasteiger partial charge in [0, 0.05) is 7.05 Å². The normalized spacial score (nSPS) is 10.6. The highest BCUT2D eigenvalue weighted by atomic mass is 32.2. The molecule has 0 N–H and O–H groups in total. The van der Waals surface area contributed by atoms with Gasteiger partial charge < -0.3 is 4.42 Å². The molecule has 0 radical (unpaired) electrons. The van der Waals surface area contributed by atoms with Crippen LogP contribution in [0.1, 0.15) is 16.2 Å². The molecular weight excluding hydrogens is 224 g/mol. The fraction of sp³-hybridized carbons (Fsp3) is 0.273. The summed E-state index contributed by atoms with van der Waals surface area (Å²) in [5.74, 6) is 0.771. The van der Waals surface area contributed by atoms with Crippen molar-refractivity contribution in [2.75, 3.05) is 5.75 Å². The number of ketones is 1. The lowest BCUT2D eigenvalue weighted by Crippen LogP contribution is -2.02. The molecule has 0 aliphatic carbocycles. The Balaban J connectivity index is 1.98. The summed E-state index contributed by atoms with van der Waals surface area (Å²) in [6, 6.07) is 5.35. The Morgan fingerprint density at radius 1 is 1.62 bits per heavy atom. The average molecular weight is 236 g/mol. The molecule has 0 bridgehead atoms. The smallest absolute Gasteiger partial charge is 0.208 e. The van der Waals surface area contributed by atoms with Gasteiger partial charge in [-0.1, -0.05) is 11.8 Å². The first kappa shape index (κ1) is 11.0. The zero-order valence-corrected chi connectivity index (χ0v) is 9.95. The summed E-state index contributed by atoms with van der Waals surface area (Å²) in [4.78, 5) is 11.7. The summed E-state index contributed by atoms with van der Waals surface area (Å²) in [6.07, 6.45) is 1.51. The molecule has 2 rings (SSSR count). The van der Waals surface area contributed by atoms with Crippen LogP contribution in [-0.2, 0) is 7.05 Å². The number of carbonyl (C=O) groups excluding carboxylic acids is 1. The second kappa shape index (κ2) is 4.57. The van der Waals surface area contributed by atoms with Gasteiger partial charge in [0.2, 0.25) is 5.78 Å². The largest absolute Gasteiger partial charge is 0.461 e. The maximum absolute atomic E-state index is 11.7. The summed E-state index contributed by atoms with van der Waals surface area (Å²) >= 11 is 1.47. The van der Waals surface area contributed by atoms with Gasteiger partial charge >= 0.3 is 0 Å². The van der Waals surface area contributed by atoms with Crippen molar-refractivity contribution in [3.05, 3.63) is 35.9 Å². The maximum Gasteiger partial charge on any atom is 0.208 e. The molecule has 0 unspecified atom stereocenters. The maximum atomic E-state index is 11.7. The zero-order chi connectivity index (χ0) is 11.5. The van der Waals surface area contributed by atoms with Crippen molar-refractivity contribution >= 4 is 17.5 Å². The van der Waals surface area contributed by atoms with E-state index in [0.717, 1.165) is 10.7 Å². The monoisotopic (exact) mass is 236 g/mol. The topological polar surface area (TPSA) is 48.0 Å². The van der Waals surface area contributed by atoms with Crippen molar-refractivity contribution in [2.24, 2.45) is 7.05 Å². The Hall–Kier alpha value is -1.49. The first-order valence-electron chi connectivity index (χ1n) is 4.87. The van der Waals surface area contributed by atoms with Crippen LogP contribution in [-0.4, -0.2) is 21.3 Å². The second-order valence-electron chi connectivity index (χ2n) is 3.44. The summed E-state index contributed by atoms with van der Waals surface area (Å²) < 4.78 is 6.81. The van der Waals surface area contributed by atoms with E-state index in [1.54, 1.807) is 16.8 Å². The molecule has 0 saturated carbocycles. The van der Waals surface area contributed by atoms with Crippen LogP contribution in [0.3, 0.4) is 0 Å². The predicted octanol–water partition coefficient (Wildman–Crippen LogP) is 2.30. The predicted molar refractivity (Wildman–Crippen MR) is 61.7 cm³/mol. The van der Waals surface area contributed by atoms with Crippen LogP contribution in [0.15, 0.2) is 33.9 Å². The molecule has 0 aromatic carbocycles. The fourth-order valence-electron chi connectivity index (χ4n) is 1.37. The SMILES string of the molecule is Cc1cc(SCC(=O)c2ccco2)n(C)n1. The van der Waals surface area contributed by atoms with Gasteiger partial charge in [0.05, 0.1) is 22.7 Å². The highest BCUT2D eigenvalue weighted by molar-refractivity contribution is 7.99. The molecule has 2 aromatic rings. The molecule has 5 heteroatoms. The molecule has 16 heavy (non-hydrogen) atoms. The average Bonchev–Trinajstić information content (AvgIpc) is 2.84. The van der Waals surface area contributed by atoms with Crippen molar-refractivity contribution in [1.29, 1.82) is 0 Å². The molecule has 0 aliphatic rings. The van der Waals surface area contributed by atoms with E-state index >= 15 is 0 Å². The number of furan rings is 1. The lowest BCUT2D eigenvalue weighted by atomic mass is 10.3. The number of aromatic nitrogens is 2. The van der Waals surface area contributed by atoms with Crippen molar-refractivity contribution in [2.45, 2.75) is 11.9 Å². The minimum absolute atomic E-state index is 0.00569.